The third-order valence-corrected chi connectivity index (χ3v) is 7.50. The molecule has 38 heavy (non-hydrogen) atoms. The van der Waals surface area contributed by atoms with E-state index in [0.717, 1.165) is 5.69 Å². The van der Waals surface area contributed by atoms with Crippen LogP contribution in [-0.2, 0) is 24.5 Å². The Morgan fingerprint density at radius 2 is 1.24 bits per heavy atom. The van der Waals surface area contributed by atoms with E-state index in [-0.39, 0.29) is 29.4 Å². The predicted molar refractivity (Wildman–Crippen MR) is 151 cm³/mol. The molecule has 1 aliphatic heterocycles. The first-order chi connectivity index (χ1) is 18.3. The van der Waals surface area contributed by atoms with Gasteiger partial charge in [0, 0.05) is 17.1 Å². The smallest absolute Gasteiger partial charge is 0.337 e. The number of rotatable bonds is 7. The summed E-state index contributed by atoms with van der Waals surface area (Å²) in [4.78, 5) is 29.9. The summed E-state index contributed by atoms with van der Waals surface area (Å²) in [6, 6.07) is 24.1. The lowest BCUT2D eigenvalue weighted by Gasteiger charge is -2.46. The van der Waals surface area contributed by atoms with Crippen molar-refractivity contribution >= 4 is 40.8 Å². The van der Waals surface area contributed by atoms with E-state index in [1.165, 1.54) is 0 Å². The minimum atomic E-state index is -1.47. The molecule has 3 aromatic carbocycles. The Labute approximate surface area is 233 Å². The molecule has 0 radical (unpaired) electrons. The maximum atomic E-state index is 14.0. The van der Waals surface area contributed by atoms with Gasteiger partial charge in [-0.1, -0.05) is 83.9 Å². The number of ether oxygens (including phenoxy) is 2. The van der Waals surface area contributed by atoms with Crippen molar-refractivity contribution in [3.8, 4) is 0 Å². The zero-order valence-electron chi connectivity index (χ0n) is 21.8. The first-order valence-electron chi connectivity index (χ1n) is 12.4. The highest BCUT2D eigenvalue weighted by Gasteiger charge is 2.55. The minimum Gasteiger partial charge on any atom is -0.463 e. The summed E-state index contributed by atoms with van der Waals surface area (Å²) in [5.74, 6) is -1.14. The first-order valence-corrected chi connectivity index (χ1v) is 13.2. The van der Waals surface area contributed by atoms with Gasteiger partial charge in [-0.15, -0.1) is 0 Å². The summed E-state index contributed by atoms with van der Waals surface area (Å²) in [6.45, 7) is 7.48. The van der Waals surface area contributed by atoms with Gasteiger partial charge in [-0.2, -0.15) is 0 Å². The number of carbonyl (C=O) groups is 2. The SMILES string of the molecule is CCOC(=O)C1=C(C)N(c2ccccc2)C(C)=C(C(=O)OCC)C1(c1ccccc1)c1cccc(Cl)c1Cl. The number of para-hydroxylation sites is 1. The number of halogens is 2. The van der Waals surface area contributed by atoms with Gasteiger partial charge in [-0.25, -0.2) is 9.59 Å². The number of allylic oxidation sites excluding steroid dienone is 2. The van der Waals surface area contributed by atoms with Gasteiger partial charge in [0.1, 0.15) is 0 Å². The molecule has 1 heterocycles. The van der Waals surface area contributed by atoms with Crippen molar-refractivity contribution in [3.63, 3.8) is 0 Å². The summed E-state index contributed by atoms with van der Waals surface area (Å²) < 4.78 is 11.3. The molecule has 0 spiro atoms. The van der Waals surface area contributed by atoms with Gasteiger partial charge in [0.2, 0.25) is 0 Å². The molecule has 0 N–H and O–H groups in total. The second-order valence-corrected chi connectivity index (χ2v) is 9.54. The van der Waals surface area contributed by atoms with Crippen LogP contribution in [0.3, 0.4) is 0 Å². The average Bonchev–Trinajstić information content (AvgIpc) is 2.91. The number of nitrogens with zero attached hydrogens (tertiary/aromatic N) is 1. The van der Waals surface area contributed by atoms with Crippen LogP contribution in [0.15, 0.2) is 101 Å². The molecule has 196 valence electrons. The molecule has 0 aromatic heterocycles. The Balaban J connectivity index is 2.27. The van der Waals surface area contributed by atoms with Crippen LogP contribution >= 0.6 is 23.2 Å². The molecule has 7 heteroatoms. The largest absolute Gasteiger partial charge is 0.463 e. The molecule has 3 aromatic rings. The van der Waals surface area contributed by atoms with Gasteiger partial charge >= 0.3 is 11.9 Å². The lowest BCUT2D eigenvalue weighted by molar-refractivity contribution is -0.140. The van der Waals surface area contributed by atoms with Crippen LogP contribution in [0.5, 0.6) is 0 Å². The topological polar surface area (TPSA) is 55.8 Å². The van der Waals surface area contributed by atoms with Crippen LogP contribution < -0.4 is 4.90 Å². The van der Waals surface area contributed by atoms with Gasteiger partial charge in [0.15, 0.2) is 0 Å². The fourth-order valence-corrected chi connectivity index (χ4v) is 5.75. The molecular weight excluding hydrogens is 521 g/mol. The van der Waals surface area contributed by atoms with Gasteiger partial charge in [0.05, 0.1) is 39.8 Å². The molecule has 5 nitrogen and oxygen atoms in total. The van der Waals surface area contributed by atoms with E-state index in [1.807, 2.05) is 79.4 Å². The van der Waals surface area contributed by atoms with Crippen molar-refractivity contribution in [1.82, 2.24) is 0 Å². The molecule has 0 atom stereocenters. The van der Waals surface area contributed by atoms with Crippen molar-refractivity contribution in [2.24, 2.45) is 0 Å². The van der Waals surface area contributed by atoms with E-state index >= 15 is 0 Å². The van der Waals surface area contributed by atoms with E-state index in [9.17, 15) is 9.59 Å². The molecule has 0 fully saturated rings. The molecule has 4 rings (SSSR count). The zero-order valence-corrected chi connectivity index (χ0v) is 23.3. The van der Waals surface area contributed by atoms with Crippen molar-refractivity contribution in [3.05, 3.63) is 123 Å². The number of anilines is 1. The maximum absolute atomic E-state index is 14.0. The second kappa shape index (κ2) is 11.5. The lowest BCUT2D eigenvalue weighted by atomic mass is 9.61. The lowest BCUT2D eigenvalue weighted by Crippen LogP contribution is -2.47. The third kappa shape index (κ3) is 4.50. The van der Waals surface area contributed by atoms with Crippen LogP contribution in [0.1, 0.15) is 38.8 Å². The number of carbonyl (C=O) groups excluding carboxylic acids is 2. The number of esters is 2. The number of hydrogen-bond acceptors (Lipinski definition) is 5. The van der Waals surface area contributed by atoms with E-state index in [1.54, 1.807) is 32.0 Å². The highest BCUT2D eigenvalue weighted by Crippen LogP contribution is 2.55. The van der Waals surface area contributed by atoms with Gasteiger partial charge in [-0.3, -0.25) is 0 Å². The number of benzene rings is 3. The van der Waals surface area contributed by atoms with Gasteiger partial charge in [-0.05, 0) is 57.0 Å². The molecule has 0 unspecified atom stereocenters. The van der Waals surface area contributed by atoms with Gasteiger partial charge in [0.25, 0.3) is 0 Å². The highest BCUT2D eigenvalue weighted by atomic mass is 35.5. The van der Waals surface area contributed by atoms with E-state index in [4.69, 9.17) is 32.7 Å². The monoisotopic (exact) mass is 549 g/mol. The van der Waals surface area contributed by atoms with Crippen LogP contribution in [-0.4, -0.2) is 25.2 Å². The Bertz CT molecular complexity index is 1370. The van der Waals surface area contributed by atoms with E-state index in [0.29, 0.717) is 27.5 Å². The molecule has 0 saturated heterocycles. The summed E-state index contributed by atoms with van der Waals surface area (Å²) in [5, 5.41) is 0.530. The normalized spacial score (nSPS) is 14.9. The molecule has 0 bridgehead atoms. The van der Waals surface area contributed by atoms with Crippen LogP contribution in [0.4, 0.5) is 5.69 Å². The second-order valence-electron chi connectivity index (χ2n) is 8.75. The fraction of sp³-hybridized carbons (Fsp3) is 0.226. The zero-order chi connectivity index (χ0) is 27.4. The van der Waals surface area contributed by atoms with Crippen molar-refractivity contribution in [1.29, 1.82) is 0 Å². The minimum absolute atomic E-state index is 0.145. The van der Waals surface area contributed by atoms with E-state index in [2.05, 4.69) is 0 Å². The van der Waals surface area contributed by atoms with Crippen molar-refractivity contribution < 1.29 is 19.1 Å². The molecule has 0 saturated carbocycles. The summed E-state index contributed by atoms with van der Waals surface area (Å²) in [6.07, 6.45) is 0. The Morgan fingerprint density at radius 3 is 1.74 bits per heavy atom. The maximum Gasteiger partial charge on any atom is 0.337 e. The number of hydrogen-bond donors (Lipinski definition) is 0. The predicted octanol–water partition coefficient (Wildman–Crippen LogP) is 7.47. The van der Waals surface area contributed by atoms with Crippen molar-refractivity contribution in [2.75, 3.05) is 18.1 Å². The standard InChI is InChI=1S/C31H29Cl2NO4/c1-5-37-29(35)26-20(3)34(23-16-11-8-12-17-23)21(4)27(30(36)38-6-2)31(26,22-14-9-7-10-15-22)24-18-13-19-25(32)28(24)33/h7-19H,5-6H2,1-4H3. The fourth-order valence-electron chi connectivity index (χ4n) is 5.31. The van der Waals surface area contributed by atoms with Crippen LogP contribution in [0.2, 0.25) is 10.0 Å². The molecule has 0 amide bonds. The van der Waals surface area contributed by atoms with Gasteiger partial charge < -0.3 is 14.4 Å². The Hall–Kier alpha value is -3.54. The Kier molecular flexibility index (Phi) is 8.29. The average molecular weight is 550 g/mol. The first kappa shape index (κ1) is 27.5. The summed E-state index contributed by atoms with van der Waals surface area (Å²) in [7, 11) is 0. The van der Waals surface area contributed by atoms with Crippen LogP contribution in [0, 0.1) is 0 Å². The molecule has 0 aliphatic carbocycles. The Morgan fingerprint density at radius 1 is 0.737 bits per heavy atom. The molecule has 1 aliphatic rings. The molecular formula is C31H29Cl2NO4. The third-order valence-electron chi connectivity index (χ3n) is 6.68. The van der Waals surface area contributed by atoms with Crippen LogP contribution in [0.25, 0.3) is 0 Å². The van der Waals surface area contributed by atoms with Crippen molar-refractivity contribution in [2.45, 2.75) is 33.1 Å². The highest BCUT2D eigenvalue weighted by molar-refractivity contribution is 6.42. The quantitative estimate of drug-likeness (QED) is 0.286. The summed E-state index contributed by atoms with van der Waals surface area (Å²) >= 11 is 13.5. The summed E-state index contributed by atoms with van der Waals surface area (Å²) in [5.41, 5.74) is 2.16. The van der Waals surface area contributed by atoms with E-state index < -0.39 is 17.4 Å².